The lowest BCUT2D eigenvalue weighted by molar-refractivity contribution is -0.122. The number of rotatable bonds is 6. The van der Waals surface area contributed by atoms with E-state index in [4.69, 9.17) is 9.41 Å². The van der Waals surface area contributed by atoms with Gasteiger partial charge in [0.1, 0.15) is 11.5 Å². The molecule has 1 saturated carbocycles. The Morgan fingerprint density at radius 3 is 2.52 bits per heavy atom. The highest BCUT2D eigenvalue weighted by Gasteiger charge is 2.25. The molecule has 1 aromatic heterocycles. The summed E-state index contributed by atoms with van der Waals surface area (Å²) >= 11 is 0. The van der Waals surface area contributed by atoms with Gasteiger partial charge in [0.25, 0.3) is 0 Å². The molecule has 152 valence electrons. The highest BCUT2D eigenvalue weighted by atomic mass is 127. The summed E-state index contributed by atoms with van der Waals surface area (Å²) in [6, 6.07) is 2.49. The van der Waals surface area contributed by atoms with E-state index in [9.17, 15) is 4.79 Å². The smallest absolute Gasteiger partial charge is 0.234 e. The summed E-state index contributed by atoms with van der Waals surface area (Å²) < 4.78 is 5.59. The Labute approximate surface area is 179 Å². The topological polar surface area (TPSA) is 73.1 Å². The van der Waals surface area contributed by atoms with Crippen molar-refractivity contribution < 1.29 is 9.21 Å². The molecule has 7 nitrogen and oxygen atoms in total. The number of nitrogens with zero attached hydrogens (tertiary/aromatic N) is 3. The van der Waals surface area contributed by atoms with Crippen molar-refractivity contribution in [3.63, 3.8) is 0 Å². The normalized spacial score (nSPS) is 18.2. The lowest BCUT2D eigenvalue weighted by atomic mass is 10.2. The van der Waals surface area contributed by atoms with Crippen LogP contribution in [0.4, 0.5) is 0 Å². The Balaban J connectivity index is 0.00000261. The molecule has 1 aliphatic carbocycles. The van der Waals surface area contributed by atoms with E-state index in [2.05, 4.69) is 33.4 Å². The van der Waals surface area contributed by atoms with Crippen molar-refractivity contribution in [2.24, 2.45) is 4.99 Å². The molecular weight excluding hydrogens is 457 g/mol. The van der Waals surface area contributed by atoms with E-state index in [-0.39, 0.29) is 29.9 Å². The van der Waals surface area contributed by atoms with Crippen molar-refractivity contribution in [2.45, 2.75) is 46.2 Å². The summed E-state index contributed by atoms with van der Waals surface area (Å²) in [4.78, 5) is 21.3. The Hall–Kier alpha value is -1.29. The average molecular weight is 489 g/mol. The summed E-state index contributed by atoms with van der Waals surface area (Å²) in [6.45, 7) is 11.5. The van der Waals surface area contributed by atoms with Gasteiger partial charge in [-0.25, -0.2) is 4.99 Å². The van der Waals surface area contributed by atoms with Gasteiger partial charge in [0.05, 0.1) is 13.1 Å². The second-order valence-corrected chi connectivity index (χ2v) is 7.21. The molecule has 1 aliphatic heterocycles. The van der Waals surface area contributed by atoms with E-state index < -0.39 is 0 Å². The van der Waals surface area contributed by atoms with Gasteiger partial charge in [-0.1, -0.05) is 0 Å². The maximum atomic E-state index is 12.0. The van der Waals surface area contributed by atoms with Crippen LogP contribution in [0, 0.1) is 13.8 Å². The zero-order valence-electron chi connectivity index (χ0n) is 16.6. The molecule has 0 spiro atoms. The fraction of sp³-hybridized carbons (Fsp3) is 0.684. The van der Waals surface area contributed by atoms with E-state index in [1.54, 1.807) is 0 Å². The number of hydrogen-bond acceptors (Lipinski definition) is 4. The van der Waals surface area contributed by atoms with E-state index in [1.165, 1.54) is 0 Å². The summed E-state index contributed by atoms with van der Waals surface area (Å²) in [5, 5.41) is 6.45. The van der Waals surface area contributed by atoms with Gasteiger partial charge >= 0.3 is 0 Å². The van der Waals surface area contributed by atoms with Gasteiger partial charge < -0.3 is 20.0 Å². The zero-order chi connectivity index (χ0) is 18.5. The number of halogens is 1. The standard InChI is InChI=1S/C19H31N5O2.HI/c1-4-20-19(21-12-16-11-14(2)26-15(16)3)24-9-7-23(8-10-24)13-18(25)22-17-5-6-17;/h11,17H,4-10,12-13H2,1-3H3,(H,20,21)(H,22,25);1H. The number of hydrogen-bond donors (Lipinski definition) is 2. The molecule has 0 radical (unpaired) electrons. The fourth-order valence-corrected chi connectivity index (χ4v) is 3.25. The van der Waals surface area contributed by atoms with Gasteiger partial charge in [0.15, 0.2) is 5.96 Å². The van der Waals surface area contributed by atoms with E-state index in [0.29, 0.717) is 19.1 Å². The average Bonchev–Trinajstić information content (AvgIpc) is 3.35. The van der Waals surface area contributed by atoms with Gasteiger partial charge in [-0.05, 0) is 39.7 Å². The van der Waals surface area contributed by atoms with Gasteiger partial charge in [-0.2, -0.15) is 0 Å². The van der Waals surface area contributed by atoms with Crippen LogP contribution in [0.15, 0.2) is 15.5 Å². The lowest BCUT2D eigenvalue weighted by Crippen LogP contribution is -2.54. The third-order valence-corrected chi connectivity index (χ3v) is 4.86. The SMILES string of the molecule is CCNC(=NCc1cc(C)oc1C)N1CCN(CC(=O)NC2CC2)CC1.I. The molecule has 27 heavy (non-hydrogen) atoms. The quantitative estimate of drug-likeness (QED) is 0.363. The maximum Gasteiger partial charge on any atom is 0.234 e. The lowest BCUT2D eigenvalue weighted by Gasteiger charge is -2.36. The Morgan fingerprint density at radius 2 is 1.96 bits per heavy atom. The second-order valence-electron chi connectivity index (χ2n) is 7.21. The predicted octanol–water partition coefficient (Wildman–Crippen LogP) is 1.88. The van der Waals surface area contributed by atoms with E-state index >= 15 is 0 Å². The molecular formula is C19H32IN5O2. The number of carbonyl (C=O) groups excluding carboxylic acids is 1. The highest BCUT2D eigenvalue weighted by molar-refractivity contribution is 14.0. The Morgan fingerprint density at radius 1 is 1.26 bits per heavy atom. The van der Waals surface area contributed by atoms with E-state index in [1.807, 2.05) is 13.8 Å². The number of nitrogens with one attached hydrogen (secondary N) is 2. The number of aliphatic imine (C=N–C) groups is 1. The molecule has 0 atom stereocenters. The molecule has 1 aromatic rings. The number of amides is 1. The first-order valence-electron chi connectivity index (χ1n) is 9.66. The largest absolute Gasteiger partial charge is 0.466 e. The van der Waals surface area contributed by atoms with Gasteiger partial charge in [0, 0.05) is 44.3 Å². The fourth-order valence-electron chi connectivity index (χ4n) is 3.25. The maximum absolute atomic E-state index is 12.0. The van der Waals surface area contributed by atoms with Crippen molar-refractivity contribution in [2.75, 3.05) is 39.3 Å². The molecule has 2 heterocycles. The van der Waals surface area contributed by atoms with Crippen LogP contribution >= 0.6 is 24.0 Å². The van der Waals surface area contributed by atoms with Crippen LogP contribution in [0.3, 0.4) is 0 Å². The first-order valence-corrected chi connectivity index (χ1v) is 9.66. The second kappa shape index (κ2) is 10.3. The number of guanidine groups is 1. The molecule has 1 saturated heterocycles. The molecule has 1 amide bonds. The number of furan rings is 1. The van der Waals surface area contributed by atoms with Gasteiger partial charge in [-0.3, -0.25) is 9.69 Å². The predicted molar refractivity (Wildman–Crippen MR) is 118 cm³/mol. The molecule has 0 bridgehead atoms. The third-order valence-electron chi connectivity index (χ3n) is 4.86. The molecule has 2 fully saturated rings. The first-order chi connectivity index (χ1) is 12.5. The Bertz CT molecular complexity index is 649. The number of carbonyl (C=O) groups is 1. The molecule has 2 aliphatic rings. The minimum atomic E-state index is 0. The van der Waals surface area contributed by atoms with Crippen LogP contribution in [0.1, 0.15) is 36.8 Å². The van der Waals surface area contributed by atoms with E-state index in [0.717, 1.165) is 68.6 Å². The highest BCUT2D eigenvalue weighted by Crippen LogP contribution is 2.18. The molecule has 0 unspecified atom stereocenters. The third kappa shape index (κ3) is 6.67. The zero-order valence-corrected chi connectivity index (χ0v) is 18.9. The molecule has 3 rings (SSSR count). The van der Waals surface area contributed by atoms with Crippen LogP contribution in [-0.2, 0) is 11.3 Å². The Kier molecular flexibility index (Phi) is 8.40. The number of aryl methyl sites for hydroxylation is 2. The first kappa shape index (κ1) is 22.0. The van der Waals surface area contributed by atoms with Crippen LogP contribution in [0.2, 0.25) is 0 Å². The minimum Gasteiger partial charge on any atom is -0.466 e. The van der Waals surface area contributed by atoms with Crippen LogP contribution in [0.5, 0.6) is 0 Å². The van der Waals surface area contributed by atoms with Crippen molar-refractivity contribution in [3.05, 3.63) is 23.2 Å². The van der Waals surface area contributed by atoms with Crippen molar-refractivity contribution >= 4 is 35.8 Å². The summed E-state index contributed by atoms with van der Waals surface area (Å²) in [5.74, 6) is 2.96. The monoisotopic (exact) mass is 489 g/mol. The molecule has 8 heteroatoms. The summed E-state index contributed by atoms with van der Waals surface area (Å²) in [5.41, 5.74) is 1.13. The summed E-state index contributed by atoms with van der Waals surface area (Å²) in [7, 11) is 0. The van der Waals surface area contributed by atoms with Crippen LogP contribution < -0.4 is 10.6 Å². The molecule has 0 aromatic carbocycles. The summed E-state index contributed by atoms with van der Waals surface area (Å²) in [6.07, 6.45) is 2.27. The van der Waals surface area contributed by atoms with Crippen LogP contribution in [0.25, 0.3) is 0 Å². The van der Waals surface area contributed by atoms with Crippen LogP contribution in [-0.4, -0.2) is 67.0 Å². The molecule has 2 N–H and O–H groups in total. The van der Waals surface area contributed by atoms with Crippen molar-refractivity contribution in [1.82, 2.24) is 20.4 Å². The van der Waals surface area contributed by atoms with Gasteiger partial charge in [-0.15, -0.1) is 24.0 Å². The van der Waals surface area contributed by atoms with Crippen molar-refractivity contribution in [3.8, 4) is 0 Å². The minimum absolute atomic E-state index is 0. The van der Waals surface area contributed by atoms with Crippen molar-refractivity contribution in [1.29, 1.82) is 0 Å². The number of piperazine rings is 1. The van der Waals surface area contributed by atoms with Gasteiger partial charge in [0.2, 0.25) is 5.91 Å².